The zero-order chi connectivity index (χ0) is 26.1. The Morgan fingerprint density at radius 1 is 1.14 bits per heavy atom. The van der Waals surface area contributed by atoms with Gasteiger partial charge in [0.2, 0.25) is 0 Å². The Labute approximate surface area is 217 Å². The third-order valence-electron chi connectivity index (χ3n) is 7.52. The Hall–Kier alpha value is -3.53. The molecule has 2 saturated carbocycles. The molecule has 0 saturated heterocycles. The molecule has 2 fully saturated rings. The average molecular weight is 528 g/mol. The van der Waals surface area contributed by atoms with Crippen LogP contribution in [0.5, 0.6) is 0 Å². The number of nitrogens with zero attached hydrogens (tertiary/aromatic N) is 3. The molecule has 2 aliphatic rings. The molecule has 194 valence electrons. The molecule has 2 aliphatic carbocycles. The van der Waals surface area contributed by atoms with Crippen LogP contribution in [-0.4, -0.2) is 45.5 Å². The quantitative estimate of drug-likeness (QED) is 0.474. The van der Waals surface area contributed by atoms with E-state index in [2.05, 4.69) is 20.7 Å². The van der Waals surface area contributed by atoms with Gasteiger partial charge in [0.1, 0.15) is 17.2 Å². The lowest BCUT2D eigenvalue weighted by molar-refractivity contribution is -0.147. The number of hydrogen-bond acceptors (Lipinski definition) is 6. The van der Waals surface area contributed by atoms with E-state index in [1.54, 1.807) is 6.07 Å². The molecular weight excluding hydrogens is 501 g/mol. The van der Waals surface area contributed by atoms with Crippen molar-refractivity contribution >= 4 is 35.0 Å². The summed E-state index contributed by atoms with van der Waals surface area (Å²) >= 11 is 5.82. The Morgan fingerprint density at radius 3 is 2.76 bits per heavy atom. The van der Waals surface area contributed by atoms with Crippen molar-refractivity contribution in [3.05, 3.63) is 64.3 Å². The van der Waals surface area contributed by atoms with Gasteiger partial charge in [-0.05, 0) is 61.6 Å². The lowest BCUT2D eigenvalue weighted by atomic mass is 9.75. The van der Waals surface area contributed by atoms with Crippen molar-refractivity contribution in [2.24, 2.45) is 17.8 Å². The number of esters is 1. The molecule has 0 spiro atoms. The minimum Gasteiger partial charge on any atom is -0.469 e. The van der Waals surface area contributed by atoms with Crippen molar-refractivity contribution in [2.45, 2.75) is 44.7 Å². The molecule has 9 nitrogen and oxygen atoms in total. The van der Waals surface area contributed by atoms with Crippen molar-refractivity contribution < 1.29 is 23.5 Å². The van der Waals surface area contributed by atoms with Crippen LogP contribution in [0.4, 0.5) is 4.39 Å². The van der Waals surface area contributed by atoms with Gasteiger partial charge in [0.05, 0.1) is 24.2 Å². The molecule has 4 atom stereocenters. The molecule has 0 bridgehead atoms. The summed E-state index contributed by atoms with van der Waals surface area (Å²) in [6, 6.07) is 7.22. The fourth-order valence-corrected chi connectivity index (χ4v) is 5.88. The first-order valence-electron chi connectivity index (χ1n) is 12.3. The van der Waals surface area contributed by atoms with E-state index in [0.717, 1.165) is 32.1 Å². The summed E-state index contributed by atoms with van der Waals surface area (Å²) in [6.07, 6.45) is 5.67. The second-order valence-electron chi connectivity index (χ2n) is 9.67. The second-order valence-corrected chi connectivity index (χ2v) is 10.1. The maximum Gasteiger partial charge on any atom is 0.308 e. The van der Waals surface area contributed by atoms with Crippen LogP contribution in [0.3, 0.4) is 0 Å². The van der Waals surface area contributed by atoms with Crippen molar-refractivity contribution in [1.82, 2.24) is 25.2 Å². The Balaban J connectivity index is 1.29. The van der Waals surface area contributed by atoms with E-state index >= 15 is 0 Å². The molecule has 0 aliphatic heterocycles. The zero-order valence-electron chi connectivity index (χ0n) is 20.2. The Morgan fingerprint density at radius 2 is 1.97 bits per heavy atom. The predicted octanol–water partition coefficient (Wildman–Crippen LogP) is 3.55. The number of nitrogens with one attached hydrogen (secondary N) is 2. The van der Waals surface area contributed by atoms with Crippen LogP contribution in [0.25, 0.3) is 5.65 Å². The van der Waals surface area contributed by atoms with Crippen LogP contribution in [0, 0.1) is 23.6 Å². The van der Waals surface area contributed by atoms with Gasteiger partial charge < -0.3 is 15.4 Å². The van der Waals surface area contributed by atoms with Gasteiger partial charge in [-0.1, -0.05) is 17.7 Å². The van der Waals surface area contributed by atoms with E-state index in [1.165, 1.54) is 42.1 Å². The number of fused-ring (bicyclic) bond motifs is 2. The summed E-state index contributed by atoms with van der Waals surface area (Å²) in [5, 5.41) is 10.1. The molecule has 5 rings (SSSR count). The third-order valence-corrected chi connectivity index (χ3v) is 7.81. The van der Waals surface area contributed by atoms with E-state index in [0.29, 0.717) is 23.0 Å². The van der Waals surface area contributed by atoms with E-state index in [4.69, 9.17) is 16.3 Å². The molecule has 2 N–H and O–H groups in total. The van der Waals surface area contributed by atoms with E-state index in [9.17, 15) is 18.8 Å². The van der Waals surface area contributed by atoms with Crippen LogP contribution in [0.2, 0.25) is 5.02 Å². The topological polar surface area (TPSA) is 115 Å². The molecule has 2 heterocycles. The number of aromatic nitrogens is 3. The molecule has 2 aromatic heterocycles. The van der Waals surface area contributed by atoms with Gasteiger partial charge in [-0.15, -0.1) is 0 Å². The third kappa shape index (κ3) is 5.16. The molecular formula is C26H27ClFN5O4. The molecule has 2 amide bonds. The Kier molecular flexibility index (Phi) is 7.10. The summed E-state index contributed by atoms with van der Waals surface area (Å²) < 4.78 is 19.7. The number of hydrogen-bond donors (Lipinski definition) is 2. The first-order chi connectivity index (χ1) is 17.8. The number of ether oxygens (including phenoxy) is 1. The monoisotopic (exact) mass is 527 g/mol. The lowest BCUT2D eigenvalue weighted by Crippen LogP contribution is -2.41. The van der Waals surface area contributed by atoms with Crippen LogP contribution < -0.4 is 10.6 Å². The highest BCUT2D eigenvalue weighted by atomic mass is 35.5. The van der Waals surface area contributed by atoms with Gasteiger partial charge in [-0.3, -0.25) is 14.4 Å². The molecule has 2 unspecified atom stereocenters. The molecule has 11 heteroatoms. The average Bonchev–Trinajstić information content (AvgIpc) is 3.54. The summed E-state index contributed by atoms with van der Waals surface area (Å²) in [7, 11) is 1.42. The summed E-state index contributed by atoms with van der Waals surface area (Å²) in [6.45, 7) is 0.115. The Bertz CT molecular complexity index is 1360. The SMILES string of the molecule is COC(=O)C1CCC2[C@@H](CC[C@@H]2NC(=O)c2cc(C(=O)NCc3ccc(F)c(Cl)c3)nc3ccnn23)C1. The van der Waals surface area contributed by atoms with Crippen molar-refractivity contribution in [3.63, 3.8) is 0 Å². The fourth-order valence-electron chi connectivity index (χ4n) is 5.67. The highest BCUT2D eigenvalue weighted by Gasteiger charge is 2.43. The van der Waals surface area contributed by atoms with Crippen LogP contribution in [0.15, 0.2) is 36.5 Å². The first-order valence-corrected chi connectivity index (χ1v) is 12.7. The molecule has 0 radical (unpaired) electrons. The number of carbonyl (C=O) groups excluding carboxylic acids is 3. The highest BCUT2D eigenvalue weighted by Crippen LogP contribution is 2.44. The minimum atomic E-state index is -0.537. The number of amides is 2. The molecule has 1 aromatic carbocycles. The van der Waals surface area contributed by atoms with Crippen LogP contribution in [-0.2, 0) is 16.1 Å². The van der Waals surface area contributed by atoms with Gasteiger partial charge in [0.25, 0.3) is 11.8 Å². The normalized spacial score (nSPS) is 22.9. The number of carbonyl (C=O) groups is 3. The lowest BCUT2D eigenvalue weighted by Gasteiger charge is -2.33. The van der Waals surface area contributed by atoms with Crippen LogP contribution >= 0.6 is 11.6 Å². The van der Waals surface area contributed by atoms with Crippen molar-refractivity contribution in [1.29, 1.82) is 0 Å². The van der Waals surface area contributed by atoms with Gasteiger partial charge >= 0.3 is 5.97 Å². The van der Waals surface area contributed by atoms with E-state index in [-0.39, 0.29) is 46.8 Å². The standard InChI is InChI=1S/C26H27ClFN5O4/c1-37-26(36)16-3-5-17-15(11-16)4-7-20(17)32-25(35)22-12-21(31-23-8-9-30-33(22)23)24(34)29-13-14-2-6-19(28)18(27)10-14/h2,6,8-10,12,15-17,20H,3-5,7,11,13H2,1H3,(H,29,34)(H,32,35)/t15-,16?,17?,20-/m0/s1. The van der Waals surface area contributed by atoms with Gasteiger partial charge in [0.15, 0.2) is 5.65 Å². The van der Waals surface area contributed by atoms with Crippen LogP contribution in [0.1, 0.15) is 58.6 Å². The van der Waals surface area contributed by atoms with Gasteiger partial charge in [0, 0.05) is 24.7 Å². The number of halogens is 2. The molecule has 3 aromatic rings. The molecule has 37 heavy (non-hydrogen) atoms. The summed E-state index contributed by atoms with van der Waals surface area (Å²) in [5.74, 6) is -0.924. The van der Waals surface area contributed by atoms with Gasteiger partial charge in [-0.2, -0.15) is 5.10 Å². The largest absolute Gasteiger partial charge is 0.469 e. The number of benzene rings is 1. The van der Waals surface area contributed by atoms with Crippen molar-refractivity contribution in [3.8, 4) is 0 Å². The van der Waals surface area contributed by atoms with E-state index < -0.39 is 11.7 Å². The maximum absolute atomic E-state index is 13.4. The summed E-state index contributed by atoms with van der Waals surface area (Å²) in [5.41, 5.74) is 1.26. The predicted molar refractivity (Wildman–Crippen MR) is 132 cm³/mol. The maximum atomic E-state index is 13.4. The zero-order valence-corrected chi connectivity index (χ0v) is 21.0. The van der Waals surface area contributed by atoms with E-state index in [1.807, 2.05) is 0 Å². The second kappa shape index (κ2) is 10.5. The highest BCUT2D eigenvalue weighted by molar-refractivity contribution is 6.30. The van der Waals surface area contributed by atoms with Gasteiger partial charge in [-0.25, -0.2) is 13.9 Å². The first kappa shape index (κ1) is 25.1. The number of rotatable bonds is 6. The summed E-state index contributed by atoms with van der Waals surface area (Å²) in [4.78, 5) is 42.6. The number of methoxy groups -OCH3 is 1. The minimum absolute atomic E-state index is 0.0182. The fraction of sp³-hybridized carbons (Fsp3) is 0.423. The van der Waals surface area contributed by atoms with Crippen molar-refractivity contribution in [2.75, 3.05) is 7.11 Å². The smallest absolute Gasteiger partial charge is 0.308 e.